The normalized spacial score (nSPS) is 10.0. The molecular weight excluding hydrogens is 370 g/mol. The first-order chi connectivity index (χ1) is 13.3. The van der Waals surface area contributed by atoms with Crippen LogP contribution in [0, 0.1) is 10.1 Å². The molecule has 0 fully saturated rings. The Balaban J connectivity index is 1.85. The Morgan fingerprint density at radius 3 is 2.32 bits per heavy atom. The minimum atomic E-state index is -0.888. The molecule has 0 aliphatic rings. The van der Waals surface area contributed by atoms with Gasteiger partial charge in [-0.2, -0.15) is 0 Å². The number of rotatable bonds is 7. The van der Waals surface area contributed by atoms with Gasteiger partial charge in [-0.05, 0) is 29.8 Å². The van der Waals surface area contributed by atoms with E-state index in [4.69, 9.17) is 10.5 Å². The molecule has 0 heterocycles. The van der Waals surface area contributed by atoms with Gasteiger partial charge in [0.2, 0.25) is 0 Å². The maximum atomic E-state index is 11.9. The van der Waals surface area contributed by atoms with E-state index in [9.17, 15) is 24.5 Å². The number of esters is 2. The number of nitrogens with two attached hydrogens (primary N) is 1. The van der Waals surface area contributed by atoms with Crippen LogP contribution in [0.15, 0.2) is 42.5 Å². The number of benzene rings is 2. The first-order valence-corrected chi connectivity index (χ1v) is 7.97. The predicted molar refractivity (Wildman–Crippen MR) is 97.4 cm³/mol. The van der Waals surface area contributed by atoms with Crippen molar-refractivity contribution in [1.82, 2.24) is 5.32 Å². The largest absolute Gasteiger partial charge is 0.465 e. The Morgan fingerprint density at radius 2 is 1.71 bits per heavy atom. The van der Waals surface area contributed by atoms with E-state index < -0.39 is 35.1 Å². The predicted octanol–water partition coefficient (Wildman–Crippen LogP) is 1.44. The highest BCUT2D eigenvalue weighted by Crippen LogP contribution is 2.22. The van der Waals surface area contributed by atoms with Gasteiger partial charge in [-0.3, -0.25) is 14.9 Å². The number of ether oxygens (including phenoxy) is 2. The van der Waals surface area contributed by atoms with Gasteiger partial charge < -0.3 is 20.5 Å². The van der Waals surface area contributed by atoms with Gasteiger partial charge in [0, 0.05) is 12.6 Å². The van der Waals surface area contributed by atoms with Gasteiger partial charge in [0.15, 0.2) is 6.61 Å². The van der Waals surface area contributed by atoms with Crippen LogP contribution in [0.1, 0.15) is 26.3 Å². The number of hydrogen-bond acceptors (Lipinski definition) is 8. The second-order valence-electron chi connectivity index (χ2n) is 5.57. The molecule has 10 nitrogen and oxygen atoms in total. The van der Waals surface area contributed by atoms with Gasteiger partial charge >= 0.3 is 11.9 Å². The van der Waals surface area contributed by atoms with Crippen LogP contribution in [-0.4, -0.2) is 36.5 Å². The summed E-state index contributed by atoms with van der Waals surface area (Å²) < 4.78 is 9.43. The maximum absolute atomic E-state index is 11.9. The van der Waals surface area contributed by atoms with Crippen LogP contribution in [0.3, 0.4) is 0 Å². The zero-order valence-electron chi connectivity index (χ0n) is 14.8. The lowest BCUT2D eigenvalue weighted by Crippen LogP contribution is -2.28. The number of carbonyl (C=O) groups excluding carboxylic acids is 3. The van der Waals surface area contributed by atoms with E-state index in [0.29, 0.717) is 5.56 Å². The van der Waals surface area contributed by atoms with Crippen molar-refractivity contribution in [3.8, 4) is 0 Å². The molecule has 10 heteroatoms. The first kappa shape index (κ1) is 20.4. The van der Waals surface area contributed by atoms with Crippen molar-refractivity contribution in [2.45, 2.75) is 6.54 Å². The van der Waals surface area contributed by atoms with Crippen molar-refractivity contribution < 1.29 is 28.8 Å². The second-order valence-corrected chi connectivity index (χ2v) is 5.57. The van der Waals surface area contributed by atoms with E-state index in [-0.39, 0.29) is 17.8 Å². The van der Waals surface area contributed by atoms with Crippen molar-refractivity contribution in [2.75, 3.05) is 19.5 Å². The highest BCUT2D eigenvalue weighted by atomic mass is 16.6. The zero-order chi connectivity index (χ0) is 20.7. The third-order valence-corrected chi connectivity index (χ3v) is 3.66. The Bertz CT molecular complexity index is 910. The summed E-state index contributed by atoms with van der Waals surface area (Å²) in [6.45, 7) is -0.400. The summed E-state index contributed by atoms with van der Waals surface area (Å²) in [5.41, 5.74) is 5.96. The highest BCUT2D eigenvalue weighted by Gasteiger charge is 2.17. The number of methoxy groups -OCH3 is 1. The molecule has 0 radical (unpaired) electrons. The molecule has 0 aliphatic heterocycles. The van der Waals surface area contributed by atoms with Crippen molar-refractivity contribution in [1.29, 1.82) is 0 Å². The summed E-state index contributed by atoms with van der Waals surface area (Å²) in [6.07, 6.45) is 0. The number of anilines is 1. The van der Waals surface area contributed by atoms with Crippen LogP contribution in [0.2, 0.25) is 0 Å². The van der Waals surface area contributed by atoms with Crippen LogP contribution in [0.4, 0.5) is 11.4 Å². The molecule has 0 aliphatic carbocycles. The fourth-order valence-electron chi connectivity index (χ4n) is 2.17. The lowest BCUT2D eigenvalue weighted by molar-refractivity contribution is -0.383. The Labute approximate surface area is 159 Å². The van der Waals surface area contributed by atoms with Gasteiger partial charge in [-0.15, -0.1) is 0 Å². The van der Waals surface area contributed by atoms with Crippen molar-refractivity contribution in [3.63, 3.8) is 0 Å². The fraction of sp³-hybridized carbons (Fsp3) is 0.167. The summed E-state index contributed by atoms with van der Waals surface area (Å²) in [5.74, 6) is -1.92. The monoisotopic (exact) mass is 387 g/mol. The summed E-state index contributed by atoms with van der Waals surface area (Å²) >= 11 is 0. The highest BCUT2D eigenvalue weighted by molar-refractivity contribution is 5.93. The molecule has 2 aromatic carbocycles. The lowest BCUT2D eigenvalue weighted by Gasteiger charge is -2.08. The minimum Gasteiger partial charge on any atom is -0.465 e. The third-order valence-electron chi connectivity index (χ3n) is 3.66. The topological polar surface area (TPSA) is 151 Å². The molecule has 0 spiro atoms. The van der Waals surface area contributed by atoms with E-state index in [1.54, 1.807) is 24.3 Å². The standard InChI is InChI=1S/C18H17N3O7/c1-27-17(23)12-4-2-11(3-5-12)9-20-16(22)10-28-18(24)13-6-7-14(19)15(8-13)21(25)26/h2-8H,9-10,19H2,1H3,(H,20,22). The Morgan fingerprint density at radius 1 is 1.07 bits per heavy atom. The van der Waals surface area contributed by atoms with E-state index in [1.165, 1.54) is 19.2 Å². The van der Waals surface area contributed by atoms with Crippen LogP contribution in [-0.2, 0) is 20.8 Å². The molecule has 2 rings (SSSR count). The number of nitrogens with one attached hydrogen (secondary N) is 1. The van der Waals surface area contributed by atoms with E-state index in [2.05, 4.69) is 10.1 Å². The molecular formula is C18H17N3O7. The van der Waals surface area contributed by atoms with E-state index in [1.807, 2.05) is 0 Å². The van der Waals surface area contributed by atoms with Gasteiger partial charge in [0.1, 0.15) is 5.69 Å². The molecule has 0 saturated heterocycles. The fourth-order valence-corrected chi connectivity index (χ4v) is 2.17. The minimum absolute atomic E-state index is 0.0856. The summed E-state index contributed by atoms with van der Waals surface area (Å²) in [5, 5.41) is 13.4. The molecule has 0 atom stereocenters. The molecule has 2 aromatic rings. The second kappa shape index (κ2) is 9.12. The van der Waals surface area contributed by atoms with Crippen LogP contribution in [0.5, 0.6) is 0 Å². The van der Waals surface area contributed by atoms with Crippen molar-refractivity contribution in [3.05, 3.63) is 69.3 Å². The molecule has 0 unspecified atom stereocenters. The number of hydrogen-bond donors (Lipinski definition) is 2. The quantitative estimate of drug-likeness (QED) is 0.313. The molecule has 0 bridgehead atoms. The number of nitro groups is 1. The number of nitro benzene ring substituents is 1. The summed E-state index contributed by atoms with van der Waals surface area (Å²) in [6, 6.07) is 9.87. The van der Waals surface area contributed by atoms with E-state index >= 15 is 0 Å². The smallest absolute Gasteiger partial charge is 0.338 e. The van der Waals surface area contributed by atoms with Crippen LogP contribution in [0.25, 0.3) is 0 Å². The Kier molecular flexibility index (Phi) is 6.63. The SMILES string of the molecule is COC(=O)c1ccc(CNC(=O)COC(=O)c2ccc(N)c([N+](=O)[O-])c2)cc1. The number of carbonyl (C=O) groups is 3. The van der Waals surface area contributed by atoms with Gasteiger partial charge in [-0.25, -0.2) is 9.59 Å². The first-order valence-electron chi connectivity index (χ1n) is 7.97. The number of amides is 1. The van der Waals surface area contributed by atoms with Crippen molar-refractivity contribution in [2.24, 2.45) is 0 Å². The summed E-state index contributed by atoms with van der Waals surface area (Å²) in [7, 11) is 1.28. The maximum Gasteiger partial charge on any atom is 0.338 e. The number of nitrogens with zero attached hydrogens (tertiary/aromatic N) is 1. The van der Waals surface area contributed by atoms with Gasteiger partial charge in [-0.1, -0.05) is 12.1 Å². The van der Waals surface area contributed by atoms with Crippen molar-refractivity contribution >= 4 is 29.2 Å². The molecule has 0 saturated carbocycles. The third kappa shape index (κ3) is 5.27. The van der Waals surface area contributed by atoms with Crippen LogP contribution < -0.4 is 11.1 Å². The van der Waals surface area contributed by atoms with Crippen LogP contribution >= 0.6 is 0 Å². The average Bonchev–Trinajstić information content (AvgIpc) is 2.70. The summed E-state index contributed by atoms with van der Waals surface area (Å²) in [4.78, 5) is 45.2. The molecule has 1 amide bonds. The van der Waals surface area contributed by atoms with Gasteiger partial charge in [0.05, 0.1) is 23.2 Å². The molecule has 28 heavy (non-hydrogen) atoms. The van der Waals surface area contributed by atoms with Gasteiger partial charge in [0.25, 0.3) is 11.6 Å². The number of nitrogen functional groups attached to an aromatic ring is 1. The zero-order valence-corrected chi connectivity index (χ0v) is 14.8. The molecule has 146 valence electrons. The molecule has 0 aromatic heterocycles. The van der Waals surface area contributed by atoms with E-state index in [0.717, 1.165) is 11.6 Å². The molecule has 3 N–H and O–H groups in total. The Hall–Kier alpha value is -3.95. The lowest BCUT2D eigenvalue weighted by atomic mass is 10.1. The average molecular weight is 387 g/mol.